The minimum absolute atomic E-state index is 0.0326. The fourth-order valence-corrected chi connectivity index (χ4v) is 3.80. The molecule has 1 amide bonds. The lowest BCUT2D eigenvalue weighted by atomic mass is 9.98. The van der Waals surface area contributed by atoms with Crippen LogP contribution in [0.1, 0.15) is 12.6 Å². The van der Waals surface area contributed by atoms with Crippen molar-refractivity contribution in [2.24, 2.45) is 5.92 Å². The van der Waals surface area contributed by atoms with Crippen LogP contribution < -0.4 is 0 Å². The molecule has 1 fully saturated rings. The van der Waals surface area contributed by atoms with Crippen molar-refractivity contribution in [1.82, 2.24) is 14.5 Å². The van der Waals surface area contributed by atoms with Crippen molar-refractivity contribution in [2.75, 3.05) is 6.61 Å². The van der Waals surface area contributed by atoms with E-state index >= 15 is 0 Å². The number of carboxylic acids is 1. The number of β-lactam (4-membered cyclic amide) rings is 1. The van der Waals surface area contributed by atoms with Crippen LogP contribution in [0.15, 0.2) is 18.2 Å². The van der Waals surface area contributed by atoms with E-state index in [1.165, 1.54) is 16.7 Å². The van der Waals surface area contributed by atoms with Crippen molar-refractivity contribution in [3.63, 3.8) is 0 Å². The van der Waals surface area contributed by atoms with Crippen LogP contribution in [0, 0.1) is 5.92 Å². The van der Waals surface area contributed by atoms with Crippen LogP contribution in [-0.2, 0) is 16.0 Å². The highest BCUT2D eigenvalue weighted by molar-refractivity contribution is 8.08. The molecule has 20 heavy (non-hydrogen) atoms. The molecule has 0 bridgehead atoms. The summed E-state index contributed by atoms with van der Waals surface area (Å²) in [6.07, 6.45) is 4.06. The Morgan fingerprint density at radius 2 is 2.30 bits per heavy atom. The summed E-state index contributed by atoms with van der Waals surface area (Å²) in [7, 11) is 0. The van der Waals surface area contributed by atoms with Gasteiger partial charge in [-0.25, -0.2) is 9.78 Å². The van der Waals surface area contributed by atoms with Crippen LogP contribution in [0.3, 0.4) is 0 Å². The van der Waals surface area contributed by atoms with Gasteiger partial charge in [-0.2, -0.15) is 0 Å². The van der Waals surface area contributed by atoms with E-state index in [9.17, 15) is 19.8 Å². The fraction of sp³-hybridized carbons (Fsp3) is 0.417. The van der Waals surface area contributed by atoms with Gasteiger partial charge < -0.3 is 10.2 Å². The zero-order chi connectivity index (χ0) is 14.4. The summed E-state index contributed by atoms with van der Waals surface area (Å²) >= 11 is 1.28. The number of carbonyl (C=O) groups is 2. The number of nitrogens with zero attached hydrogens (tertiary/aromatic N) is 3. The predicted octanol–water partition coefficient (Wildman–Crippen LogP) is 0.180. The maximum Gasteiger partial charge on any atom is 0.355 e. The molecule has 7 nitrogen and oxygen atoms in total. The number of aliphatic hydroxyl groups is 1. The second kappa shape index (κ2) is 4.64. The van der Waals surface area contributed by atoms with E-state index in [1.807, 2.05) is 6.92 Å². The lowest BCUT2D eigenvalue weighted by Gasteiger charge is -2.40. The maximum atomic E-state index is 11.9. The number of fused-ring (bicyclic) bond motifs is 1. The number of aryl methyl sites for hydroxylation is 1. The molecular formula is C12H13N3O4S. The summed E-state index contributed by atoms with van der Waals surface area (Å²) in [5, 5.41) is 18.7. The molecule has 2 N–H and O–H groups in total. The molecule has 3 heterocycles. The van der Waals surface area contributed by atoms with E-state index in [4.69, 9.17) is 0 Å². The number of amides is 1. The third-order valence-corrected chi connectivity index (χ3v) is 4.87. The monoisotopic (exact) mass is 295 g/mol. The SMILES string of the molecule is CCc1cn(C2=C(C(=O)O)N3C(=O)[C@H](CO)[C@H]3S2)cn1. The fourth-order valence-electron chi connectivity index (χ4n) is 2.37. The van der Waals surface area contributed by atoms with Crippen molar-refractivity contribution in [2.45, 2.75) is 18.7 Å². The van der Waals surface area contributed by atoms with Gasteiger partial charge in [-0.05, 0) is 6.42 Å². The summed E-state index contributed by atoms with van der Waals surface area (Å²) in [5.74, 6) is -2.01. The smallest absolute Gasteiger partial charge is 0.355 e. The van der Waals surface area contributed by atoms with Crippen LogP contribution in [0.25, 0.3) is 5.03 Å². The molecule has 0 spiro atoms. The van der Waals surface area contributed by atoms with Gasteiger partial charge in [-0.15, -0.1) is 0 Å². The number of aliphatic hydroxyl groups excluding tert-OH is 1. The molecule has 0 aliphatic carbocycles. The minimum atomic E-state index is -1.15. The van der Waals surface area contributed by atoms with Gasteiger partial charge in [0.05, 0.1) is 24.5 Å². The molecule has 2 atom stereocenters. The maximum absolute atomic E-state index is 11.9. The Hall–Kier alpha value is -1.80. The number of aromatic nitrogens is 2. The van der Waals surface area contributed by atoms with Crippen molar-refractivity contribution in [1.29, 1.82) is 0 Å². The Morgan fingerprint density at radius 1 is 1.55 bits per heavy atom. The Labute approximate surface area is 118 Å². The number of hydrogen-bond acceptors (Lipinski definition) is 5. The van der Waals surface area contributed by atoms with Crippen LogP contribution in [-0.4, -0.2) is 48.5 Å². The molecule has 0 aromatic carbocycles. The molecule has 0 saturated carbocycles. The summed E-state index contributed by atoms with van der Waals surface area (Å²) in [5.41, 5.74) is 0.817. The highest BCUT2D eigenvalue weighted by Crippen LogP contribution is 2.50. The van der Waals surface area contributed by atoms with Crippen molar-refractivity contribution in [3.8, 4) is 0 Å². The van der Waals surface area contributed by atoms with Gasteiger partial charge in [0, 0.05) is 6.20 Å². The van der Waals surface area contributed by atoms with Crippen LogP contribution in [0.2, 0.25) is 0 Å². The Morgan fingerprint density at radius 3 is 2.85 bits per heavy atom. The average Bonchev–Trinajstić information content (AvgIpc) is 3.00. The van der Waals surface area contributed by atoms with Crippen molar-refractivity contribution in [3.05, 3.63) is 23.9 Å². The third kappa shape index (κ3) is 1.68. The predicted molar refractivity (Wildman–Crippen MR) is 71.3 cm³/mol. The molecular weight excluding hydrogens is 282 g/mol. The van der Waals surface area contributed by atoms with E-state index in [1.54, 1.807) is 17.1 Å². The first-order chi connectivity index (χ1) is 9.58. The molecule has 106 valence electrons. The van der Waals surface area contributed by atoms with E-state index in [2.05, 4.69) is 4.98 Å². The lowest BCUT2D eigenvalue weighted by molar-refractivity contribution is -0.153. The van der Waals surface area contributed by atoms with E-state index in [0.29, 0.717) is 5.03 Å². The highest BCUT2D eigenvalue weighted by Gasteiger charge is 2.56. The average molecular weight is 295 g/mol. The number of carboxylic acid groups (broad SMARTS) is 1. The van der Waals surface area contributed by atoms with Crippen LogP contribution in [0.4, 0.5) is 0 Å². The first-order valence-electron chi connectivity index (χ1n) is 6.19. The standard InChI is InChI=1S/C12H13N3O4S/c1-2-6-3-14(5-13-6)11-8(12(18)19)15-9(17)7(4-16)10(15)20-11/h3,5,7,10,16H,2,4H2,1H3,(H,18,19)/t7-,10+/m0/s1. The van der Waals surface area contributed by atoms with Gasteiger partial charge in [0.15, 0.2) is 5.70 Å². The summed E-state index contributed by atoms with van der Waals surface area (Å²) < 4.78 is 1.63. The number of imidazole rings is 1. The van der Waals surface area contributed by atoms with Gasteiger partial charge >= 0.3 is 5.97 Å². The number of aliphatic carboxylic acids is 1. The van der Waals surface area contributed by atoms with E-state index in [-0.39, 0.29) is 23.6 Å². The molecule has 0 unspecified atom stereocenters. The second-order valence-electron chi connectivity index (χ2n) is 4.59. The topological polar surface area (TPSA) is 95.7 Å². The van der Waals surface area contributed by atoms with Gasteiger partial charge in [0.25, 0.3) is 0 Å². The minimum Gasteiger partial charge on any atom is -0.476 e. The van der Waals surface area contributed by atoms with E-state index in [0.717, 1.165) is 12.1 Å². The quantitative estimate of drug-likeness (QED) is 0.769. The third-order valence-electron chi connectivity index (χ3n) is 3.46. The zero-order valence-electron chi connectivity index (χ0n) is 10.7. The van der Waals surface area contributed by atoms with Gasteiger partial charge in [0.2, 0.25) is 5.91 Å². The van der Waals surface area contributed by atoms with Crippen molar-refractivity contribution >= 4 is 28.7 Å². The summed E-state index contributed by atoms with van der Waals surface area (Å²) in [4.78, 5) is 28.7. The second-order valence-corrected chi connectivity index (χ2v) is 5.70. The molecule has 3 rings (SSSR count). The highest BCUT2D eigenvalue weighted by atomic mass is 32.2. The Bertz CT molecular complexity index is 624. The lowest BCUT2D eigenvalue weighted by Crippen LogP contribution is -2.58. The molecule has 2 aliphatic heterocycles. The molecule has 2 aliphatic rings. The van der Waals surface area contributed by atoms with Gasteiger partial charge in [-0.3, -0.25) is 14.3 Å². The normalized spacial score (nSPS) is 24.9. The zero-order valence-corrected chi connectivity index (χ0v) is 11.5. The number of thioether (sulfide) groups is 1. The number of carbonyl (C=O) groups excluding carboxylic acids is 1. The Balaban J connectivity index is 2.01. The first kappa shape index (κ1) is 13.2. The molecule has 0 radical (unpaired) electrons. The van der Waals surface area contributed by atoms with E-state index < -0.39 is 11.9 Å². The largest absolute Gasteiger partial charge is 0.476 e. The summed E-state index contributed by atoms with van der Waals surface area (Å²) in [6, 6.07) is 0. The van der Waals surface area contributed by atoms with Gasteiger partial charge in [0.1, 0.15) is 10.4 Å². The van der Waals surface area contributed by atoms with Crippen LogP contribution >= 0.6 is 11.8 Å². The van der Waals surface area contributed by atoms with Crippen LogP contribution in [0.5, 0.6) is 0 Å². The molecule has 8 heteroatoms. The number of hydrogen-bond donors (Lipinski definition) is 2. The summed E-state index contributed by atoms with van der Waals surface area (Å²) in [6.45, 7) is 1.69. The molecule has 1 aromatic rings. The first-order valence-corrected chi connectivity index (χ1v) is 7.07. The van der Waals surface area contributed by atoms with Gasteiger partial charge in [-0.1, -0.05) is 18.7 Å². The molecule has 1 aromatic heterocycles. The molecule has 1 saturated heterocycles. The Kier molecular flexibility index (Phi) is 3.06. The number of rotatable bonds is 4. The van der Waals surface area contributed by atoms with Crippen molar-refractivity contribution < 1.29 is 19.8 Å².